The minimum atomic E-state index is 0.0532. The Morgan fingerprint density at radius 2 is 1.81 bits per heavy atom. The predicted octanol–water partition coefficient (Wildman–Crippen LogP) is 1.97. The molecule has 0 aliphatic rings. The zero-order valence-electron chi connectivity index (χ0n) is 13.7. The van der Waals surface area contributed by atoms with Gasteiger partial charge in [0.1, 0.15) is 0 Å². The molecule has 0 spiro atoms. The van der Waals surface area contributed by atoms with E-state index in [4.69, 9.17) is 9.47 Å². The van der Waals surface area contributed by atoms with Crippen molar-refractivity contribution in [2.75, 3.05) is 33.9 Å². The fourth-order valence-electron chi connectivity index (χ4n) is 2.17. The molecular weight excluding hydrogens is 268 g/mol. The highest BCUT2D eigenvalue weighted by molar-refractivity contribution is 5.77. The molecule has 118 valence electrons. The first-order valence-electron chi connectivity index (χ1n) is 7.26. The van der Waals surface area contributed by atoms with Crippen molar-refractivity contribution in [1.82, 2.24) is 10.2 Å². The number of benzene rings is 1. The van der Waals surface area contributed by atoms with Crippen molar-refractivity contribution >= 4 is 5.91 Å². The van der Waals surface area contributed by atoms with Gasteiger partial charge in [-0.15, -0.1) is 0 Å². The van der Waals surface area contributed by atoms with E-state index < -0.39 is 0 Å². The molecule has 0 aromatic heterocycles. The zero-order valence-corrected chi connectivity index (χ0v) is 13.7. The van der Waals surface area contributed by atoms with Crippen LogP contribution in [0.2, 0.25) is 0 Å². The summed E-state index contributed by atoms with van der Waals surface area (Å²) in [6, 6.07) is 3.95. The van der Waals surface area contributed by atoms with Crippen LogP contribution < -0.4 is 14.8 Å². The maximum Gasteiger partial charge on any atom is 0.234 e. The fraction of sp³-hybridized carbons (Fsp3) is 0.562. The van der Waals surface area contributed by atoms with Gasteiger partial charge in [0.05, 0.1) is 20.8 Å². The molecule has 21 heavy (non-hydrogen) atoms. The van der Waals surface area contributed by atoms with Gasteiger partial charge in [-0.3, -0.25) is 9.69 Å². The SMILES string of the molecule is CCNC(=O)CN(CC)Cc1cc(OC)c(OC)cc1C. The van der Waals surface area contributed by atoms with E-state index in [1.54, 1.807) is 14.2 Å². The number of nitrogens with one attached hydrogen (secondary N) is 1. The summed E-state index contributed by atoms with van der Waals surface area (Å²) in [5, 5.41) is 2.83. The van der Waals surface area contributed by atoms with Crippen LogP contribution in [-0.4, -0.2) is 44.7 Å². The van der Waals surface area contributed by atoms with E-state index in [0.717, 1.165) is 23.4 Å². The molecule has 0 radical (unpaired) electrons. The number of hydrogen-bond acceptors (Lipinski definition) is 4. The minimum absolute atomic E-state index is 0.0532. The Balaban J connectivity index is 2.86. The number of methoxy groups -OCH3 is 2. The second kappa shape index (κ2) is 8.52. The van der Waals surface area contributed by atoms with Crippen molar-refractivity contribution in [3.05, 3.63) is 23.3 Å². The fourth-order valence-corrected chi connectivity index (χ4v) is 2.17. The van der Waals surface area contributed by atoms with Crippen LogP contribution in [0.15, 0.2) is 12.1 Å². The van der Waals surface area contributed by atoms with Crippen LogP contribution in [0.3, 0.4) is 0 Å². The third-order valence-corrected chi connectivity index (χ3v) is 3.42. The Morgan fingerprint density at radius 1 is 1.19 bits per heavy atom. The van der Waals surface area contributed by atoms with Gasteiger partial charge in [0, 0.05) is 13.1 Å². The van der Waals surface area contributed by atoms with E-state index in [2.05, 4.69) is 17.1 Å². The molecule has 5 nitrogen and oxygen atoms in total. The first-order chi connectivity index (χ1) is 10.0. The highest BCUT2D eigenvalue weighted by atomic mass is 16.5. The molecule has 1 amide bonds. The van der Waals surface area contributed by atoms with E-state index >= 15 is 0 Å². The topological polar surface area (TPSA) is 50.8 Å². The zero-order chi connectivity index (χ0) is 15.8. The molecule has 0 fully saturated rings. The smallest absolute Gasteiger partial charge is 0.234 e. The number of carbonyl (C=O) groups excluding carboxylic acids is 1. The Bertz CT molecular complexity index is 475. The first kappa shape index (κ1) is 17.3. The summed E-state index contributed by atoms with van der Waals surface area (Å²) in [7, 11) is 3.26. The van der Waals surface area contributed by atoms with E-state index in [1.165, 1.54) is 0 Å². The van der Waals surface area contributed by atoms with Crippen molar-refractivity contribution in [1.29, 1.82) is 0 Å². The lowest BCUT2D eigenvalue weighted by Crippen LogP contribution is -2.36. The molecule has 1 aromatic rings. The number of nitrogens with zero attached hydrogens (tertiary/aromatic N) is 1. The molecule has 0 aliphatic heterocycles. The molecule has 5 heteroatoms. The monoisotopic (exact) mass is 294 g/mol. The van der Waals surface area contributed by atoms with Crippen LogP contribution in [0.25, 0.3) is 0 Å². The Labute approximate surface area is 127 Å². The molecule has 0 unspecified atom stereocenters. The van der Waals surface area contributed by atoms with Gasteiger partial charge in [0.25, 0.3) is 0 Å². The maximum atomic E-state index is 11.7. The summed E-state index contributed by atoms with van der Waals surface area (Å²) in [4.78, 5) is 13.8. The summed E-state index contributed by atoms with van der Waals surface area (Å²) >= 11 is 0. The van der Waals surface area contributed by atoms with Gasteiger partial charge in [-0.1, -0.05) is 6.92 Å². The van der Waals surface area contributed by atoms with Gasteiger partial charge < -0.3 is 14.8 Å². The van der Waals surface area contributed by atoms with Gasteiger partial charge in [-0.2, -0.15) is 0 Å². The molecule has 0 saturated heterocycles. The molecule has 1 rings (SSSR count). The van der Waals surface area contributed by atoms with Crippen molar-refractivity contribution in [2.24, 2.45) is 0 Å². The summed E-state index contributed by atoms with van der Waals surface area (Å²) in [6.45, 7) is 8.59. The molecule has 0 atom stereocenters. The summed E-state index contributed by atoms with van der Waals surface area (Å²) < 4.78 is 10.6. The number of rotatable bonds is 8. The van der Waals surface area contributed by atoms with Gasteiger partial charge in [-0.25, -0.2) is 0 Å². The number of ether oxygens (including phenoxy) is 2. The first-order valence-corrected chi connectivity index (χ1v) is 7.26. The summed E-state index contributed by atoms with van der Waals surface area (Å²) in [5.41, 5.74) is 2.26. The van der Waals surface area contributed by atoms with Gasteiger partial charge >= 0.3 is 0 Å². The van der Waals surface area contributed by atoms with Crippen molar-refractivity contribution in [2.45, 2.75) is 27.3 Å². The van der Waals surface area contributed by atoms with Gasteiger partial charge in [0.2, 0.25) is 5.91 Å². The van der Waals surface area contributed by atoms with Crippen molar-refractivity contribution in [3.8, 4) is 11.5 Å². The molecule has 0 aliphatic carbocycles. The Kier molecular flexibility index (Phi) is 7.02. The largest absolute Gasteiger partial charge is 0.493 e. The van der Waals surface area contributed by atoms with E-state index in [0.29, 0.717) is 25.4 Å². The highest BCUT2D eigenvalue weighted by Crippen LogP contribution is 2.30. The maximum absolute atomic E-state index is 11.7. The van der Waals surface area contributed by atoms with Crippen LogP contribution in [0.1, 0.15) is 25.0 Å². The van der Waals surface area contributed by atoms with Crippen LogP contribution in [0.4, 0.5) is 0 Å². The quantitative estimate of drug-likeness (QED) is 0.796. The summed E-state index contributed by atoms with van der Waals surface area (Å²) in [6.07, 6.45) is 0. The molecule has 0 heterocycles. The number of aryl methyl sites for hydroxylation is 1. The second-order valence-corrected chi connectivity index (χ2v) is 4.89. The number of amides is 1. The third kappa shape index (κ3) is 4.93. The second-order valence-electron chi connectivity index (χ2n) is 4.89. The molecule has 0 saturated carbocycles. The van der Waals surface area contributed by atoms with E-state index in [-0.39, 0.29) is 5.91 Å². The normalized spacial score (nSPS) is 10.6. The lowest BCUT2D eigenvalue weighted by molar-refractivity contribution is -0.122. The number of likely N-dealkylation sites (N-methyl/N-ethyl adjacent to an activating group) is 2. The van der Waals surface area contributed by atoms with Crippen molar-refractivity contribution in [3.63, 3.8) is 0 Å². The molecule has 1 N–H and O–H groups in total. The van der Waals surface area contributed by atoms with E-state index in [9.17, 15) is 4.79 Å². The summed E-state index contributed by atoms with van der Waals surface area (Å²) in [5.74, 6) is 1.50. The average molecular weight is 294 g/mol. The standard InChI is InChI=1S/C16H26N2O3/c1-6-17-16(19)11-18(7-2)10-13-9-15(21-5)14(20-4)8-12(13)3/h8-9H,6-7,10-11H2,1-5H3,(H,17,19). The van der Waals surface area contributed by atoms with Crippen LogP contribution in [0.5, 0.6) is 11.5 Å². The lowest BCUT2D eigenvalue weighted by Gasteiger charge is -2.22. The van der Waals surface area contributed by atoms with Gasteiger partial charge in [0.15, 0.2) is 11.5 Å². The highest BCUT2D eigenvalue weighted by Gasteiger charge is 2.13. The lowest BCUT2D eigenvalue weighted by atomic mass is 10.1. The third-order valence-electron chi connectivity index (χ3n) is 3.42. The predicted molar refractivity (Wildman–Crippen MR) is 83.9 cm³/mol. The Hall–Kier alpha value is -1.75. The van der Waals surface area contributed by atoms with E-state index in [1.807, 2.05) is 26.0 Å². The Morgan fingerprint density at radius 3 is 2.33 bits per heavy atom. The van der Waals surface area contributed by atoms with Crippen LogP contribution >= 0.6 is 0 Å². The number of hydrogen-bond donors (Lipinski definition) is 1. The molecular formula is C16H26N2O3. The van der Waals surface area contributed by atoms with Gasteiger partial charge in [-0.05, 0) is 43.7 Å². The number of carbonyl (C=O) groups is 1. The minimum Gasteiger partial charge on any atom is -0.493 e. The van der Waals surface area contributed by atoms with Crippen LogP contribution in [-0.2, 0) is 11.3 Å². The van der Waals surface area contributed by atoms with Crippen LogP contribution in [0, 0.1) is 6.92 Å². The molecule has 0 bridgehead atoms. The molecule has 1 aromatic carbocycles. The average Bonchev–Trinajstić information content (AvgIpc) is 2.48. The van der Waals surface area contributed by atoms with Crippen molar-refractivity contribution < 1.29 is 14.3 Å².